The third-order valence-electron chi connectivity index (χ3n) is 1.80. The Balaban J connectivity index is 2.59. The van der Waals surface area contributed by atoms with Crippen LogP contribution in [0.4, 0.5) is 0 Å². The monoisotopic (exact) mass is 193 g/mol. The SMILES string of the molecule is CC(N)/C=C/c1cnn(CC(C)C)c1. The zero-order chi connectivity index (χ0) is 10.6. The summed E-state index contributed by atoms with van der Waals surface area (Å²) in [6.07, 6.45) is 7.88. The largest absolute Gasteiger partial charge is 0.325 e. The van der Waals surface area contributed by atoms with Gasteiger partial charge in [0.2, 0.25) is 0 Å². The van der Waals surface area contributed by atoms with E-state index in [2.05, 4.69) is 18.9 Å². The van der Waals surface area contributed by atoms with E-state index < -0.39 is 0 Å². The third-order valence-corrected chi connectivity index (χ3v) is 1.80. The normalized spacial score (nSPS) is 14.1. The Hall–Kier alpha value is -1.09. The molecule has 1 aromatic rings. The van der Waals surface area contributed by atoms with E-state index >= 15 is 0 Å². The van der Waals surface area contributed by atoms with Crippen molar-refractivity contribution in [1.82, 2.24) is 9.78 Å². The molecule has 0 aromatic carbocycles. The fraction of sp³-hybridized carbons (Fsp3) is 0.545. The molecule has 0 aliphatic carbocycles. The summed E-state index contributed by atoms with van der Waals surface area (Å²) >= 11 is 0. The maximum Gasteiger partial charge on any atom is 0.0562 e. The van der Waals surface area contributed by atoms with Gasteiger partial charge in [-0.2, -0.15) is 5.10 Å². The van der Waals surface area contributed by atoms with Crippen LogP contribution in [0, 0.1) is 5.92 Å². The summed E-state index contributed by atoms with van der Waals surface area (Å²) < 4.78 is 1.96. The van der Waals surface area contributed by atoms with E-state index in [1.54, 1.807) is 0 Å². The smallest absolute Gasteiger partial charge is 0.0562 e. The molecule has 0 saturated heterocycles. The Morgan fingerprint density at radius 1 is 1.50 bits per heavy atom. The van der Waals surface area contributed by atoms with E-state index in [9.17, 15) is 0 Å². The van der Waals surface area contributed by atoms with Crippen molar-refractivity contribution in [2.24, 2.45) is 11.7 Å². The van der Waals surface area contributed by atoms with Crippen LogP contribution < -0.4 is 5.73 Å². The van der Waals surface area contributed by atoms with Crippen molar-refractivity contribution < 1.29 is 0 Å². The van der Waals surface area contributed by atoms with Gasteiger partial charge in [0.05, 0.1) is 6.20 Å². The van der Waals surface area contributed by atoms with E-state index in [1.807, 2.05) is 36.2 Å². The summed E-state index contributed by atoms with van der Waals surface area (Å²) in [6, 6.07) is 0.100. The summed E-state index contributed by atoms with van der Waals surface area (Å²) in [5, 5.41) is 4.26. The zero-order valence-electron chi connectivity index (χ0n) is 9.14. The highest BCUT2D eigenvalue weighted by atomic mass is 15.3. The van der Waals surface area contributed by atoms with Crippen molar-refractivity contribution in [3.05, 3.63) is 24.0 Å². The molecular weight excluding hydrogens is 174 g/mol. The Morgan fingerprint density at radius 3 is 2.79 bits per heavy atom. The Kier molecular flexibility index (Phi) is 3.89. The van der Waals surface area contributed by atoms with Gasteiger partial charge in [-0.3, -0.25) is 4.68 Å². The summed E-state index contributed by atoms with van der Waals surface area (Å²) in [7, 11) is 0. The fourth-order valence-electron chi connectivity index (χ4n) is 1.20. The lowest BCUT2D eigenvalue weighted by Crippen LogP contribution is -2.09. The van der Waals surface area contributed by atoms with Gasteiger partial charge < -0.3 is 5.73 Å². The van der Waals surface area contributed by atoms with Gasteiger partial charge in [0.1, 0.15) is 0 Å². The molecule has 2 N–H and O–H groups in total. The molecule has 0 aliphatic rings. The average molecular weight is 193 g/mol. The van der Waals surface area contributed by atoms with Crippen molar-refractivity contribution in [2.75, 3.05) is 0 Å². The van der Waals surface area contributed by atoms with E-state index in [0.29, 0.717) is 5.92 Å². The van der Waals surface area contributed by atoms with Gasteiger partial charge in [-0.25, -0.2) is 0 Å². The zero-order valence-corrected chi connectivity index (χ0v) is 9.14. The third kappa shape index (κ3) is 3.75. The lowest BCUT2D eigenvalue weighted by atomic mass is 10.2. The first-order valence-electron chi connectivity index (χ1n) is 5.04. The van der Waals surface area contributed by atoms with Crippen LogP contribution in [-0.4, -0.2) is 15.8 Å². The van der Waals surface area contributed by atoms with Crippen LogP contribution in [0.3, 0.4) is 0 Å². The number of aromatic nitrogens is 2. The quantitative estimate of drug-likeness (QED) is 0.793. The molecular formula is C11H19N3. The number of nitrogens with zero attached hydrogens (tertiary/aromatic N) is 2. The molecule has 1 aromatic heterocycles. The van der Waals surface area contributed by atoms with E-state index in [-0.39, 0.29) is 6.04 Å². The second-order valence-corrected chi connectivity index (χ2v) is 4.11. The van der Waals surface area contributed by atoms with Crippen molar-refractivity contribution in [3.63, 3.8) is 0 Å². The van der Waals surface area contributed by atoms with Gasteiger partial charge in [-0.15, -0.1) is 0 Å². The van der Waals surface area contributed by atoms with Gasteiger partial charge in [0.15, 0.2) is 0 Å². The first-order valence-corrected chi connectivity index (χ1v) is 5.04. The Labute approximate surface area is 85.6 Å². The van der Waals surface area contributed by atoms with Crippen LogP contribution >= 0.6 is 0 Å². The fourth-order valence-corrected chi connectivity index (χ4v) is 1.20. The molecule has 0 aliphatic heterocycles. The first kappa shape index (κ1) is 11.0. The Bertz CT molecular complexity index is 297. The summed E-state index contributed by atoms with van der Waals surface area (Å²) in [5.41, 5.74) is 6.73. The van der Waals surface area contributed by atoms with Gasteiger partial charge in [-0.1, -0.05) is 26.0 Å². The predicted octanol–water partition coefficient (Wildman–Crippen LogP) is 1.90. The molecule has 0 fully saturated rings. The topological polar surface area (TPSA) is 43.8 Å². The highest BCUT2D eigenvalue weighted by Gasteiger charge is 1.98. The highest BCUT2D eigenvalue weighted by molar-refractivity contribution is 5.47. The van der Waals surface area contributed by atoms with Crippen LogP contribution in [-0.2, 0) is 6.54 Å². The van der Waals surface area contributed by atoms with Gasteiger partial charge in [0, 0.05) is 24.3 Å². The maximum atomic E-state index is 5.61. The minimum Gasteiger partial charge on any atom is -0.325 e. The molecule has 0 amide bonds. The minimum atomic E-state index is 0.100. The Morgan fingerprint density at radius 2 is 2.21 bits per heavy atom. The van der Waals surface area contributed by atoms with Crippen LogP contribution in [0.15, 0.2) is 18.5 Å². The molecule has 14 heavy (non-hydrogen) atoms. The lowest BCUT2D eigenvalue weighted by molar-refractivity contribution is 0.483. The minimum absolute atomic E-state index is 0.100. The molecule has 1 atom stereocenters. The number of hydrogen-bond acceptors (Lipinski definition) is 2. The van der Waals surface area contributed by atoms with Crippen LogP contribution in [0.1, 0.15) is 26.3 Å². The van der Waals surface area contributed by atoms with Crippen molar-refractivity contribution in [3.8, 4) is 0 Å². The molecule has 3 nitrogen and oxygen atoms in total. The molecule has 0 saturated carbocycles. The van der Waals surface area contributed by atoms with Gasteiger partial charge in [0.25, 0.3) is 0 Å². The molecule has 0 radical (unpaired) electrons. The van der Waals surface area contributed by atoms with Crippen LogP contribution in [0.25, 0.3) is 6.08 Å². The lowest BCUT2D eigenvalue weighted by Gasteiger charge is -2.02. The predicted molar refractivity (Wildman–Crippen MR) is 59.7 cm³/mol. The van der Waals surface area contributed by atoms with E-state index in [1.165, 1.54) is 0 Å². The van der Waals surface area contributed by atoms with Crippen molar-refractivity contribution >= 4 is 6.08 Å². The standard InChI is InChI=1S/C11H19N3/c1-9(2)7-14-8-11(6-13-14)5-4-10(3)12/h4-6,8-10H,7,12H2,1-3H3/b5-4+. The number of rotatable bonds is 4. The second-order valence-electron chi connectivity index (χ2n) is 4.11. The maximum absolute atomic E-state index is 5.61. The highest BCUT2D eigenvalue weighted by Crippen LogP contribution is 2.04. The second kappa shape index (κ2) is 4.96. The molecule has 3 heteroatoms. The van der Waals surface area contributed by atoms with Crippen molar-refractivity contribution in [2.45, 2.75) is 33.4 Å². The van der Waals surface area contributed by atoms with E-state index in [4.69, 9.17) is 5.73 Å². The molecule has 1 heterocycles. The number of hydrogen-bond donors (Lipinski definition) is 1. The van der Waals surface area contributed by atoms with Crippen LogP contribution in [0.2, 0.25) is 0 Å². The molecule has 78 valence electrons. The summed E-state index contributed by atoms with van der Waals surface area (Å²) in [5.74, 6) is 0.625. The number of nitrogens with two attached hydrogens (primary N) is 1. The molecule has 0 spiro atoms. The van der Waals surface area contributed by atoms with Gasteiger partial charge >= 0.3 is 0 Å². The molecule has 0 bridgehead atoms. The molecule has 1 unspecified atom stereocenters. The molecule has 1 rings (SSSR count). The first-order chi connectivity index (χ1) is 6.58. The van der Waals surface area contributed by atoms with Crippen LogP contribution in [0.5, 0.6) is 0 Å². The summed E-state index contributed by atoms with van der Waals surface area (Å²) in [4.78, 5) is 0. The summed E-state index contributed by atoms with van der Waals surface area (Å²) in [6.45, 7) is 7.28. The van der Waals surface area contributed by atoms with Crippen molar-refractivity contribution in [1.29, 1.82) is 0 Å². The van der Waals surface area contributed by atoms with E-state index in [0.717, 1.165) is 12.1 Å². The van der Waals surface area contributed by atoms with Gasteiger partial charge in [-0.05, 0) is 12.8 Å². The average Bonchev–Trinajstić information content (AvgIpc) is 2.47.